The summed E-state index contributed by atoms with van der Waals surface area (Å²) in [7, 11) is 1.69. The SMILES string of the molecule is CC[C@H](C)[C@H](CN1CC(O)C1)N(C)C(=O)c1ccc(F)c(F)c1. The molecule has 0 unspecified atom stereocenters. The van der Waals surface area contributed by atoms with E-state index in [1.807, 2.05) is 0 Å². The van der Waals surface area contributed by atoms with Gasteiger partial charge in [-0.05, 0) is 24.1 Å². The molecule has 0 aromatic heterocycles. The molecule has 4 nitrogen and oxygen atoms in total. The van der Waals surface area contributed by atoms with E-state index in [0.29, 0.717) is 19.6 Å². The first-order valence-electron chi connectivity index (χ1n) is 7.96. The first-order chi connectivity index (χ1) is 10.8. The fourth-order valence-corrected chi connectivity index (χ4v) is 2.90. The van der Waals surface area contributed by atoms with E-state index in [-0.39, 0.29) is 29.5 Å². The third-order valence-electron chi connectivity index (χ3n) is 4.67. The lowest BCUT2D eigenvalue weighted by Crippen LogP contribution is -2.57. The molecule has 1 saturated heterocycles. The zero-order chi connectivity index (χ0) is 17.1. The van der Waals surface area contributed by atoms with Crippen LogP contribution in [0.5, 0.6) is 0 Å². The maximum atomic E-state index is 13.4. The lowest BCUT2D eigenvalue weighted by molar-refractivity contribution is -0.0162. The highest BCUT2D eigenvalue weighted by atomic mass is 19.2. The molecule has 1 aromatic carbocycles. The van der Waals surface area contributed by atoms with Crippen molar-refractivity contribution >= 4 is 5.91 Å². The highest BCUT2D eigenvalue weighted by Gasteiger charge is 2.32. The predicted molar refractivity (Wildman–Crippen MR) is 84.1 cm³/mol. The second kappa shape index (κ2) is 7.36. The van der Waals surface area contributed by atoms with Crippen LogP contribution in [0.1, 0.15) is 30.6 Å². The Hall–Kier alpha value is -1.53. The summed E-state index contributed by atoms with van der Waals surface area (Å²) in [6.45, 7) is 6.01. The molecule has 0 radical (unpaired) electrons. The Bertz CT molecular complexity index is 562. The van der Waals surface area contributed by atoms with Crippen molar-refractivity contribution in [1.82, 2.24) is 9.80 Å². The quantitative estimate of drug-likeness (QED) is 0.871. The van der Waals surface area contributed by atoms with Crippen molar-refractivity contribution in [3.63, 3.8) is 0 Å². The fourth-order valence-electron chi connectivity index (χ4n) is 2.90. The van der Waals surface area contributed by atoms with Crippen molar-refractivity contribution in [2.24, 2.45) is 5.92 Å². The van der Waals surface area contributed by atoms with E-state index < -0.39 is 11.6 Å². The molecule has 1 heterocycles. The predicted octanol–water partition coefficient (Wildman–Crippen LogP) is 2.13. The largest absolute Gasteiger partial charge is 0.390 e. The first-order valence-corrected chi connectivity index (χ1v) is 7.96. The van der Waals surface area contributed by atoms with E-state index in [4.69, 9.17) is 0 Å². The summed E-state index contributed by atoms with van der Waals surface area (Å²) < 4.78 is 26.4. The average Bonchev–Trinajstić information content (AvgIpc) is 2.51. The number of likely N-dealkylation sites (tertiary alicyclic amines) is 1. The van der Waals surface area contributed by atoms with Crippen LogP contribution in [0.25, 0.3) is 0 Å². The number of aliphatic hydroxyl groups excluding tert-OH is 1. The fraction of sp³-hybridized carbons (Fsp3) is 0.588. The minimum Gasteiger partial charge on any atom is -0.390 e. The molecule has 1 fully saturated rings. The molecule has 2 atom stereocenters. The van der Waals surface area contributed by atoms with Crippen LogP contribution >= 0.6 is 0 Å². The Balaban J connectivity index is 2.12. The Kier molecular flexibility index (Phi) is 5.70. The van der Waals surface area contributed by atoms with Crippen LogP contribution < -0.4 is 0 Å². The molecule has 0 aliphatic carbocycles. The molecule has 1 N–H and O–H groups in total. The van der Waals surface area contributed by atoms with Crippen molar-refractivity contribution in [2.75, 3.05) is 26.7 Å². The van der Waals surface area contributed by atoms with Crippen molar-refractivity contribution in [1.29, 1.82) is 0 Å². The number of halogens is 2. The van der Waals surface area contributed by atoms with Gasteiger partial charge in [0.2, 0.25) is 0 Å². The topological polar surface area (TPSA) is 43.8 Å². The summed E-state index contributed by atoms with van der Waals surface area (Å²) in [4.78, 5) is 16.3. The van der Waals surface area contributed by atoms with Gasteiger partial charge in [0.15, 0.2) is 11.6 Å². The number of nitrogens with zero attached hydrogens (tertiary/aromatic N) is 2. The lowest BCUT2D eigenvalue weighted by Gasteiger charge is -2.42. The van der Waals surface area contributed by atoms with Gasteiger partial charge in [-0.2, -0.15) is 0 Å². The molecule has 2 rings (SSSR count). The molecule has 0 bridgehead atoms. The van der Waals surface area contributed by atoms with Gasteiger partial charge in [0, 0.05) is 38.3 Å². The average molecular weight is 326 g/mol. The number of hydrogen-bond acceptors (Lipinski definition) is 3. The zero-order valence-corrected chi connectivity index (χ0v) is 13.8. The van der Waals surface area contributed by atoms with Crippen molar-refractivity contribution in [3.05, 3.63) is 35.4 Å². The molecule has 6 heteroatoms. The molecule has 1 aliphatic rings. The van der Waals surface area contributed by atoms with E-state index in [0.717, 1.165) is 18.6 Å². The number of carbonyl (C=O) groups is 1. The second-order valence-corrected chi connectivity index (χ2v) is 6.37. The van der Waals surface area contributed by atoms with Crippen LogP contribution in [-0.2, 0) is 0 Å². The highest BCUT2D eigenvalue weighted by Crippen LogP contribution is 2.20. The molecule has 0 spiro atoms. The van der Waals surface area contributed by atoms with Gasteiger partial charge in [-0.1, -0.05) is 20.3 Å². The van der Waals surface area contributed by atoms with Gasteiger partial charge in [-0.15, -0.1) is 0 Å². The highest BCUT2D eigenvalue weighted by molar-refractivity contribution is 5.94. The van der Waals surface area contributed by atoms with E-state index >= 15 is 0 Å². The van der Waals surface area contributed by atoms with Crippen LogP contribution in [0, 0.1) is 17.6 Å². The standard InChI is InChI=1S/C17H24F2N2O2/c1-4-11(2)16(10-21-8-13(22)9-21)20(3)17(23)12-5-6-14(18)15(19)7-12/h5-7,11,13,16,22H,4,8-10H2,1-3H3/t11-,16-/m0/s1. The van der Waals surface area contributed by atoms with Gasteiger partial charge in [-0.25, -0.2) is 8.78 Å². The second-order valence-electron chi connectivity index (χ2n) is 6.37. The van der Waals surface area contributed by atoms with Crippen molar-refractivity contribution < 1.29 is 18.7 Å². The lowest BCUT2D eigenvalue weighted by atomic mass is 9.95. The zero-order valence-electron chi connectivity index (χ0n) is 13.8. The van der Waals surface area contributed by atoms with Gasteiger partial charge >= 0.3 is 0 Å². The van der Waals surface area contributed by atoms with Crippen LogP contribution in [0.3, 0.4) is 0 Å². The first kappa shape index (κ1) is 17.8. The number of hydrogen-bond donors (Lipinski definition) is 1. The Labute approximate surface area is 135 Å². The Morgan fingerprint density at radius 3 is 2.57 bits per heavy atom. The van der Waals surface area contributed by atoms with Gasteiger partial charge in [0.1, 0.15) is 0 Å². The number of rotatable bonds is 6. The maximum absolute atomic E-state index is 13.4. The van der Waals surface area contributed by atoms with Crippen LogP contribution in [0.4, 0.5) is 8.78 Å². The number of benzene rings is 1. The van der Waals surface area contributed by atoms with Gasteiger partial charge < -0.3 is 10.0 Å². The van der Waals surface area contributed by atoms with Gasteiger partial charge in [-0.3, -0.25) is 9.69 Å². The summed E-state index contributed by atoms with van der Waals surface area (Å²) in [5, 5.41) is 9.41. The summed E-state index contributed by atoms with van der Waals surface area (Å²) in [5.41, 5.74) is 0.142. The third kappa shape index (κ3) is 4.06. The van der Waals surface area contributed by atoms with Crippen molar-refractivity contribution in [3.8, 4) is 0 Å². The molecular formula is C17H24F2N2O2. The summed E-state index contributed by atoms with van der Waals surface area (Å²) in [5.74, 6) is -2.05. The molecule has 23 heavy (non-hydrogen) atoms. The molecule has 1 amide bonds. The van der Waals surface area contributed by atoms with Crippen LogP contribution in [0.2, 0.25) is 0 Å². The minimum atomic E-state index is -1.02. The molecule has 0 saturated carbocycles. The molecule has 1 aliphatic heterocycles. The van der Waals surface area contributed by atoms with Crippen molar-refractivity contribution in [2.45, 2.75) is 32.4 Å². The number of aliphatic hydroxyl groups is 1. The molecular weight excluding hydrogens is 302 g/mol. The Morgan fingerprint density at radius 2 is 2.04 bits per heavy atom. The van der Waals surface area contributed by atoms with E-state index in [2.05, 4.69) is 18.7 Å². The summed E-state index contributed by atoms with van der Waals surface area (Å²) in [6, 6.07) is 3.17. The third-order valence-corrected chi connectivity index (χ3v) is 4.67. The van der Waals surface area contributed by atoms with Gasteiger partial charge in [0.25, 0.3) is 5.91 Å². The van der Waals surface area contributed by atoms with Crippen LogP contribution in [0.15, 0.2) is 18.2 Å². The van der Waals surface area contributed by atoms with Crippen LogP contribution in [-0.4, -0.2) is 59.6 Å². The monoisotopic (exact) mass is 326 g/mol. The normalized spacial score (nSPS) is 18.3. The van der Waals surface area contributed by atoms with E-state index in [1.54, 1.807) is 11.9 Å². The molecule has 128 valence electrons. The summed E-state index contributed by atoms with van der Waals surface area (Å²) in [6.07, 6.45) is 0.607. The number of carbonyl (C=O) groups excluding carboxylic acids is 1. The van der Waals surface area contributed by atoms with E-state index in [1.165, 1.54) is 6.07 Å². The molecule has 1 aromatic rings. The smallest absolute Gasteiger partial charge is 0.254 e. The maximum Gasteiger partial charge on any atom is 0.254 e. The van der Waals surface area contributed by atoms with E-state index in [9.17, 15) is 18.7 Å². The number of β-amino-alcohol motifs (C(OH)–C–C–N with tert-alkyl or cyclic N) is 1. The van der Waals surface area contributed by atoms with Gasteiger partial charge in [0.05, 0.1) is 6.10 Å². The minimum absolute atomic E-state index is 0.0480. The number of amides is 1. The summed E-state index contributed by atoms with van der Waals surface area (Å²) >= 11 is 0. The Morgan fingerprint density at radius 1 is 1.39 bits per heavy atom. The number of likely N-dealkylation sites (N-methyl/N-ethyl adjacent to an activating group) is 1.